The number of nitrogens with zero attached hydrogens (tertiary/aromatic N) is 4. The lowest BCUT2D eigenvalue weighted by atomic mass is 9.87. The highest BCUT2D eigenvalue weighted by Crippen LogP contribution is 2.29. The van der Waals surface area contributed by atoms with Crippen LogP contribution in [-0.2, 0) is 12.0 Å². The Morgan fingerprint density at radius 2 is 1.62 bits per heavy atom. The van der Waals surface area contributed by atoms with Gasteiger partial charge < -0.3 is 9.47 Å². The molecular weight excluding hydrogens is 384 g/mol. The van der Waals surface area contributed by atoms with Gasteiger partial charge in [0, 0.05) is 5.56 Å². The summed E-state index contributed by atoms with van der Waals surface area (Å²) in [7, 11) is 0. The van der Waals surface area contributed by atoms with E-state index in [2.05, 4.69) is 60.3 Å². The van der Waals surface area contributed by atoms with Crippen LogP contribution in [0.2, 0.25) is 0 Å². The monoisotopic (exact) mass is 408 g/mol. The first-order chi connectivity index (χ1) is 14.0. The Morgan fingerprint density at radius 1 is 0.931 bits per heavy atom. The van der Waals surface area contributed by atoms with Crippen LogP contribution in [0.4, 0.5) is 0 Å². The molecule has 0 amide bonds. The molecule has 7 heteroatoms. The minimum Gasteiger partial charge on any atom is -0.490 e. The third-order valence-electron chi connectivity index (χ3n) is 4.54. The molecule has 150 valence electrons. The molecule has 0 radical (unpaired) electrons. The standard InChI is InChI=1S/C22H24N4O2S/c1-5-27-17-8-6-7-9-18(17)28-14-19-25-26-20(23-24-21(26)29-19)15-10-12-16(13-11-15)22(2,3)4/h6-13H,5,14H2,1-4H3. The number of hydrogen-bond donors (Lipinski definition) is 0. The molecule has 0 spiro atoms. The van der Waals surface area contributed by atoms with Gasteiger partial charge in [-0.1, -0.05) is 68.5 Å². The number of para-hydroxylation sites is 2. The van der Waals surface area contributed by atoms with Gasteiger partial charge in [0.2, 0.25) is 4.96 Å². The van der Waals surface area contributed by atoms with Crippen LogP contribution < -0.4 is 9.47 Å². The maximum atomic E-state index is 5.93. The lowest BCUT2D eigenvalue weighted by molar-refractivity contribution is 0.268. The lowest BCUT2D eigenvalue weighted by Crippen LogP contribution is -2.10. The minimum absolute atomic E-state index is 0.113. The molecular formula is C22H24N4O2S. The first kappa shape index (κ1) is 19.4. The van der Waals surface area contributed by atoms with E-state index < -0.39 is 0 Å². The van der Waals surface area contributed by atoms with Gasteiger partial charge in [-0.25, -0.2) is 0 Å². The molecule has 6 nitrogen and oxygen atoms in total. The fraction of sp³-hybridized carbons (Fsp3) is 0.318. The Balaban J connectivity index is 1.55. The van der Waals surface area contributed by atoms with Crippen molar-refractivity contribution < 1.29 is 9.47 Å². The Morgan fingerprint density at radius 3 is 2.28 bits per heavy atom. The van der Waals surface area contributed by atoms with Gasteiger partial charge in [-0.05, 0) is 30.0 Å². The van der Waals surface area contributed by atoms with Crippen molar-refractivity contribution in [3.63, 3.8) is 0 Å². The first-order valence-corrected chi connectivity index (χ1v) is 10.4. The zero-order valence-corrected chi connectivity index (χ0v) is 17.9. The van der Waals surface area contributed by atoms with Crippen LogP contribution in [0.1, 0.15) is 38.3 Å². The average molecular weight is 409 g/mol. The van der Waals surface area contributed by atoms with E-state index in [1.165, 1.54) is 16.9 Å². The van der Waals surface area contributed by atoms with Crippen LogP contribution in [0, 0.1) is 0 Å². The average Bonchev–Trinajstić information content (AvgIpc) is 3.27. The topological polar surface area (TPSA) is 61.5 Å². The molecule has 0 aliphatic heterocycles. The summed E-state index contributed by atoms with van der Waals surface area (Å²) < 4.78 is 13.3. The third-order valence-corrected chi connectivity index (χ3v) is 5.41. The molecule has 4 rings (SSSR count). The summed E-state index contributed by atoms with van der Waals surface area (Å²) in [5.41, 5.74) is 2.38. The normalized spacial score (nSPS) is 11.7. The molecule has 0 saturated carbocycles. The summed E-state index contributed by atoms with van der Waals surface area (Å²) in [6.45, 7) is 9.50. The van der Waals surface area contributed by atoms with Gasteiger partial charge in [-0.3, -0.25) is 0 Å². The summed E-state index contributed by atoms with van der Waals surface area (Å²) in [6, 6.07) is 16.1. The van der Waals surface area contributed by atoms with Crippen molar-refractivity contribution in [3.8, 4) is 22.9 Å². The second-order valence-electron chi connectivity index (χ2n) is 7.71. The minimum atomic E-state index is 0.113. The zero-order valence-electron chi connectivity index (χ0n) is 17.0. The first-order valence-electron chi connectivity index (χ1n) is 9.62. The van der Waals surface area contributed by atoms with Crippen LogP contribution in [0.15, 0.2) is 48.5 Å². The Hall–Kier alpha value is -2.93. The molecule has 2 heterocycles. The number of hydrogen-bond acceptors (Lipinski definition) is 6. The second-order valence-corrected chi connectivity index (χ2v) is 8.75. The largest absolute Gasteiger partial charge is 0.490 e. The zero-order chi connectivity index (χ0) is 20.4. The van der Waals surface area contributed by atoms with E-state index in [-0.39, 0.29) is 5.41 Å². The molecule has 29 heavy (non-hydrogen) atoms. The van der Waals surface area contributed by atoms with Crippen molar-refractivity contribution in [2.45, 2.75) is 39.7 Å². The van der Waals surface area contributed by atoms with Gasteiger partial charge in [-0.2, -0.15) is 9.61 Å². The number of benzene rings is 2. The summed E-state index contributed by atoms with van der Waals surface area (Å²) in [4.78, 5) is 0.747. The van der Waals surface area contributed by atoms with Crippen LogP contribution in [0.5, 0.6) is 11.5 Å². The number of ether oxygens (including phenoxy) is 2. The van der Waals surface area contributed by atoms with Crippen molar-refractivity contribution in [3.05, 3.63) is 59.1 Å². The predicted molar refractivity (Wildman–Crippen MR) is 115 cm³/mol. The fourth-order valence-corrected chi connectivity index (χ4v) is 3.74. The molecule has 0 fully saturated rings. The number of aromatic nitrogens is 4. The SMILES string of the molecule is CCOc1ccccc1OCc1nn2c(-c3ccc(C(C)(C)C)cc3)nnc2s1. The number of fused-ring (bicyclic) bond motifs is 1. The van der Waals surface area contributed by atoms with E-state index in [0.717, 1.165) is 27.1 Å². The molecule has 0 aliphatic carbocycles. The Labute approximate surface area is 174 Å². The van der Waals surface area contributed by atoms with Crippen molar-refractivity contribution >= 4 is 16.3 Å². The third kappa shape index (κ3) is 4.10. The van der Waals surface area contributed by atoms with Crippen LogP contribution in [0.25, 0.3) is 16.3 Å². The van der Waals surface area contributed by atoms with E-state index in [9.17, 15) is 0 Å². The van der Waals surface area contributed by atoms with Gasteiger partial charge >= 0.3 is 0 Å². The molecule has 2 aromatic carbocycles. The van der Waals surface area contributed by atoms with E-state index in [1.54, 1.807) is 4.52 Å². The molecule has 0 bridgehead atoms. The predicted octanol–water partition coefficient (Wildman–Crippen LogP) is 5.13. The van der Waals surface area contributed by atoms with Crippen molar-refractivity contribution in [2.75, 3.05) is 6.61 Å². The van der Waals surface area contributed by atoms with Gasteiger partial charge in [0.15, 0.2) is 22.3 Å². The van der Waals surface area contributed by atoms with E-state index in [4.69, 9.17) is 9.47 Å². The Bertz CT molecular complexity index is 1110. The van der Waals surface area contributed by atoms with Crippen LogP contribution in [0.3, 0.4) is 0 Å². The lowest BCUT2D eigenvalue weighted by Gasteiger charge is -2.18. The van der Waals surface area contributed by atoms with Crippen molar-refractivity contribution in [2.24, 2.45) is 0 Å². The molecule has 2 aromatic heterocycles. The molecule has 0 saturated heterocycles. The van der Waals surface area contributed by atoms with Gasteiger partial charge in [0.25, 0.3) is 0 Å². The second kappa shape index (κ2) is 7.83. The quantitative estimate of drug-likeness (QED) is 0.443. The molecule has 0 N–H and O–H groups in total. The summed E-state index contributed by atoms with van der Waals surface area (Å²) in [5.74, 6) is 2.17. The van der Waals surface area contributed by atoms with Gasteiger partial charge in [0.1, 0.15) is 6.61 Å². The highest BCUT2D eigenvalue weighted by molar-refractivity contribution is 7.16. The Kier molecular flexibility index (Phi) is 5.24. The summed E-state index contributed by atoms with van der Waals surface area (Å²) >= 11 is 1.47. The highest BCUT2D eigenvalue weighted by atomic mass is 32.1. The number of rotatable bonds is 6. The molecule has 0 unspecified atom stereocenters. The van der Waals surface area contributed by atoms with Crippen molar-refractivity contribution in [1.29, 1.82) is 0 Å². The molecule has 4 aromatic rings. The van der Waals surface area contributed by atoms with Crippen LogP contribution >= 0.6 is 11.3 Å². The van der Waals surface area contributed by atoms with Gasteiger partial charge in [0.05, 0.1) is 6.61 Å². The molecule has 0 atom stereocenters. The fourth-order valence-electron chi connectivity index (χ4n) is 3.00. The summed E-state index contributed by atoms with van der Waals surface area (Å²) in [5, 5.41) is 14.1. The van der Waals surface area contributed by atoms with E-state index in [1.807, 2.05) is 31.2 Å². The smallest absolute Gasteiger partial charge is 0.235 e. The molecule has 0 aliphatic rings. The van der Waals surface area contributed by atoms with E-state index >= 15 is 0 Å². The highest BCUT2D eigenvalue weighted by Gasteiger charge is 2.17. The van der Waals surface area contributed by atoms with Crippen LogP contribution in [-0.4, -0.2) is 26.4 Å². The summed E-state index contributed by atoms with van der Waals surface area (Å²) in [6.07, 6.45) is 0. The van der Waals surface area contributed by atoms with Crippen molar-refractivity contribution in [1.82, 2.24) is 19.8 Å². The maximum Gasteiger partial charge on any atom is 0.235 e. The maximum absolute atomic E-state index is 5.93. The van der Waals surface area contributed by atoms with Gasteiger partial charge in [-0.15, -0.1) is 10.2 Å². The van der Waals surface area contributed by atoms with E-state index in [0.29, 0.717) is 19.0 Å².